The molecule has 102 valence electrons. The summed E-state index contributed by atoms with van der Waals surface area (Å²) in [6.07, 6.45) is 0. The van der Waals surface area contributed by atoms with Crippen LogP contribution in [0.25, 0.3) is 0 Å². The van der Waals surface area contributed by atoms with Gasteiger partial charge in [0.15, 0.2) is 11.6 Å². The Bertz CT molecular complexity index is 665. The maximum absolute atomic E-state index is 13.8. The third-order valence-electron chi connectivity index (χ3n) is 2.65. The van der Waals surface area contributed by atoms with Crippen LogP contribution < -0.4 is 10.1 Å². The number of aryl methyl sites for hydroxylation is 1. The van der Waals surface area contributed by atoms with Crippen LogP contribution in [-0.4, -0.2) is 11.6 Å². The van der Waals surface area contributed by atoms with Crippen LogP contribution in [0.4, 0.5) is 15.9 Å². The molecule has 0 saturated heterocycles. The molecule has 2 rings (SSSR count). The van der Waals surface area contributed by atoms with Crippen molar-refractivity contribution in [3.63, 3.8) is 0 Å². The lowest BCUT2D eigenvalue weighted by molar-refractivity contribution is 0.321. The molecule has 0 aliphatic carbocycles. The Morgan fingerprint density at radius 2 is 2.15 bits per heavy atom. The molecule has 5 heteroatoms. The summed E-state index contributed by atoms with van der Waals surface area (Å²) in [5.41, 5.74) is 1.70. The molecule has 1 heterocycles. The molecule has 2 aromatic rings. The van der Waals surface area contributed by atoms with E-state index in [1.807, 2.05) is 13.0 Å². The fourth-order valence-electron chi connectivity index (χ4n) is 1.73. The van der Waals surface area contributed by atoms with Crippen LogP contribution >= 0.6 is 0 Å². The van der Waals surface area contributed by atoms with E-state index in [9.17, 15) is 4.39 Å². The van der Waals surface area contributed by atoms with Gasteiger partial charge in [0, 0.05) is 17.4 Å². The van der Waals surface area contributed by atoms with E-state index in [0.29, 0.717) is 23.7 Å². The number of anilines is 2. The summed E-state index contributed by atoms with van der Waals surface area (Å²) < 4.78 is 18.9. The van der Waals surface area contributed by atoms with Crippen molar-refractivity contribution in [1.29, 1.82) is 5.26 Å². The van der Waals surface area contributed by atoms with Gasteiger partial charge in [0.05, 0.1) is 12.2 Å². The minimum Gasteiger partial charge on any atom is -0.491 e. The Kier molecular flexibility index (Phi) is 4.16. The van der Waals surface area contributed by atoms with E-state index in [4.69, 9.17) is 10.00 Å². The Morgan fingerprint density at radius 3 is 2.80 bits per heavy atom. The SMILES string of the molecule is CCOc1ccc(Nc2nc(C)ccc2C#N)cc1F. The van der Waals surface area contributed by atoms with Gasteiger partial charge in [-0.05, 0) is 38.1 Å². The third kappa shape index (κ3) is 3.04. The molecule has 0 aliphatic heterocycles. The highest BCUT2D eigenvalue weighted by Gasteiger charge is 2.08. The van der Waals surface area contributed by atoms with Gasteiger partial charge in [-0.2, -0.15) is 5.26 Å². The fraction of sp³-hybridized carbons (Fsp3) is 0.200. The minimum absolute atomic E-state index is 0.204. The van der Waals surface area contributed by atoms with Gasteiger partial charge < -0.3 is 10.1 Å². The molecular weight excluding hydrogens is 257 g/mol. The highest BCUT2D eigenvalue weighted by atomic mass is 19.1. The number of ether oxygens (including phenoxy) is 1. The summed E-state index contributed by atoms with van der Waals surface area (Å²) in [5, 5.41) is 12.0. The van der Waals surface area contributed by atoms with E-state index in [1.165, 1.54) is 6.07 Å². The largest absolute Gasteiger partial charge is 0.491 e. The molecule has 0 fully saturated rings. The monoisotopic (exact) mass is 271 g/mol. The van der Waals surface area contributed by atoms with Crippen molar-refractivity contribution in [2.45, 2.75) is 13.8 Å². The van der Waals surface area contributed by atoms with Gasteiger partial charge in [0.1, 0.15) is 11.9 Å². The average molecular weight is 271 g/mol. The normalized spacial score (nSPS) is 9.90. The highest BCUT2D eigenvalue weighted by Crippen LogP contribution is 2.24. The van der Waals surface area contributed by atoms with E-state index in [-0.39, 0.29) is 5.75 Å². The molecule has 0 spiro atoms. The molecule has 0 radical (unpaired) electrons. The number of hydrogen-bond donors (Lipinski definition) is 1. The zero-order chi connectivity index (χ0) is 14.5. The predicted molar refractivity (Wildman–Crippen MR) is 74.5 cm³/mol. The van der Waals surface area contributed by atoms with Gasteiger partial charge >= 0.3 is 0 Å². The number of nitrogens with one attached hydrogen (secondary N) is 1. The van der Waals surface area contributed by atoms with E-state index >= 15 is 0 Å². The lowest BCUT2D eigenvalue weighted by Gasteiger charge is -2.10. The van der Waals surface area contributed by atoms with Crippen LogP contribution in [0.15, 0.2) is 30.3 Å². The Hall–Kier alpha value is -2.61. The van der Waals surface area contributed by atoms with Crippen LogP contribution in [0.3, 0.4) is 0 Å². The second-order valence-electron chi connectivity index (χ2n) is 4.16. The summed E-state index contributed by atoms with van der Waals surface area (Å²) >= 11 is 0. The first-order valence-corrected chi connectivity index (χ1v) is 6.21. The van der Waals surface area contributed by atoms with Gasteiger partial charge in [0.2, 0.25) is 0 Å². The van der Waals surface area contributed by atoms with Crippen molar-refractivity contribution in [2.75, 3.05) is 11.9 Å². The van der Waals surface area contributed by atoms with Crippen LogP contribution in [0, 0.1) is 24.1 Å². The number of nitrogens with zero attached hydrogens (tertiary/aromatic N) is 2. The van der Waals surface area contributed by atoms with Crippen molar-refractivity contribution in [3.05, 3.63) is 47.4 Å². The smallest absolute Gasteiger partial charge is 0.167 e. The third-order valence-corrected chi connectivity index (χ3v) is 2.65. The molecule has 20 heavy (non-hydrogen) atoms. The van der Waals surface area contributed by atoms with Gasteiger partial charge in [-0.25, -0.2) is 9.37 Å². The number of nitriles is 1. The van der Waals surface area contributed by atoms with Crippen molar-refractivity contribution >= 4 is 11.5 Å². The fourth-order valence-corrected chi connectivity index (χ4v) is 1.73. The van der Waals surface area contributed by atoms with Crippen LogP contribution in [0.5, 0.6) is 5.75 Å². The topological polar surface area (TPSA) is 57.9 Å². The first-order chi connectivity index (χ1) is 9.63. The Morgan fingerprint density at radius 1 is 1.35 bits per heavy atom. The minimum atomic E-state index is -0.456. The Labute approximate surface area is 116 Å². The average Bonchev–Trinajstić information content (AvgIpc) is 2.42. The van der Waals surface area contributed by atoms with Crippen LogP contribution in [0.2, 0.25) is 0 Å². The summed E-state index contributed by atoms with van der Waals surface area (Å²) in [7, 11) is 0. The molecule has 0 aliphatic rings. The van der Waals surface area contributed by atoms with Gasteiger partial charge in [0.25, 0.3) is 0 Å². The maximum Gasteiger partial charge on any atom is 0.167 e. The highest BCUT2D eigenvalue weighted by molar-refractivity contribution is 5.63. The standard InChI is InChI=1S/C15H14FN3O/c1-3-20-14-7-6-12(8-13(14)16)19-15-11(9-17)5-4-10(2)18-15/h4-8H,3H2,1-2H3,(H,18,19). The molecule has 1 aromatic heterocycles. The summed E-state index contributed by atoms with van der Waals surface area (Å²) in [5.74, 6) is 0.162. The van der Waals surface area contributed by atoms with E-state index in [0.717, 1.165) is 5.69 Å². The lowest BCUT2D eigenvalue weighted by atomic mass is 10.2. The lowest BCUT2D eigenvalue weighted by Crippen LogP contribution is -2.00. The molecule has 4 nitrogen and oxygen atoms in total. The zero-order valence-electron chi connectivity index (χ0n) is 11.3. The molecule has 1 N–H and O–H groups in total. The van der Waals surface area contributed by atoms with E-state index < -0.39 is 5.82 Å². The number of pyridine rings is 1. The molecule has 0 amide bonds. The molecule has 0 atom stereocenters. The number of rotatable bonds is 4. The molecular formula is C15H14FN3O. The van der Waals surface area contributed by atoms with Gasteiger partial charge in [-0.15, -0.1) is 0 Å². The van der Waals surface area contributed by atoms with Crippen molar-refractivity contribution in [3.8, 4) is 11.8 Å². The van der Waals surface area contributed by atoms with Crippen molar-refractivity contribution in [2.24, 2.45) is 0 Å². The number of aromatic nitrogens is 1. The summed E-state index contributed by atoms with van der Waals surface area (Å²) in [4.78, 5) is 4.24. The van der Waals surface area contributed by atoms with Crippen molar-refractivity contribution < 1.29 is 9.13 Å². The second-order valence-corrected chi connectivity index (χ2v) is 4.16. The van der Waals surface area contributed by atoms with Gasteiger partial charge in [-0.3, -0.25) is 0 Å². The first-order valence-electron chi connectivity index (χ1n) is 6.21. The summed E-state index contributed by atoms with van der Waals surface area (Å²) in [6.45, 7) is 4.02. The van der Waals surface area contributed by atoms with E-state index in [1.54, 1.807) is 31.2 Å². The quantitative estimate of drug-likeness (QED) is 0.924. The number of benzene rings is 1. The first kappa shape index (κ1) is 13.8. The van der Waals surface area contributed by atoms with E-state index in [2.05, 4.69) is 10.3 Å². The Balaban J connectivity index is 2.29. The molecule has 0 unspecified atom stereocenters. The molecule has 1 aromatic carbocycles. The van der Waals surface area contributed by atoms with Crippen molar-refractivity contribution in [1.82, 2.24) is 4.98 Å². The van der Waals surface area contributed by atoms with Crippen LogP contribution in [0.1, 0.15) is 18.2 Å². The summed E-state index contributed by atoms with van der Waals surface area (Å²) in [6, 6.07) is 10.0. The maximum atomic E-state index is 13.8. The molecule has 0 bridgehead atoms. The molecule has 0 saturated carbocycles. The zero-order valence-corrected chi connectivity index (χ0v) is 11.3. The van der Waals surface area contributed by atoms with Crippen LogP contribution in [-0.2, 0) is 0 Å². The predicted octanol–water partition coefficient (Wildman–Crippen LogP) is 3.54. The number of hydrogen-bond acceptors (Lipinski definition) is 4. The number of halogens is 1. The van der Waals surface area contributed by atoms with Gasteiger partial charge in [-0.1, -0.05) is 0 Å². The second kappa shape index (κ2) is 6.02.